The Morgan fingerprint density at radius 2 is 1.84 bits per heavy atom. The molecule has 0 bridgehead atoms. The number of benzene rings is 1. The number of carbonyl (C=O) groups is 2. The summed E-state index contributed by atoms with van der Waals surface area (Å²) in [6, 6.07) is 7.20. The minimum atomic E-state index is -0.968. The molecule has 19 heavy (non-hydrogen) atoms. The molecule has 5 N–H and O–H groups in total. The molecule has 0 aromatic heterocycles. The zero-order valence-electron chi connectivity index (χ0n) is 11.1. The van der Waals surface area contributed by atoms with Gasteiger partial charge in [-0.3, -0.25) is 9.59 Å². The molecule has 6 nitrogen and oxygen atoms in total. The number of anilines is 1. The van der Waals surface area contributed by atoms with E-state index in [9.17, 15) is 9.59 Å². The van der Waals surface area contributed by atoms with E-state index in [1.54, 1.807) is 6.92 Å². The first-order chi connectivity index (χ1) is 8.92. The lowest BCUT2D eigenvalue weighted by atomic mass is 10.1. The van der Waals surface area contributed by atoms with E-state index in [0.717, 1.165) is 17.7 Å². The smallest absolute Gasteiger partial charge is 0.325 e. The Kier molecular flexibility index (Phi) is 7.95. The van der Waals surface area contributed by atoms with Gasteiger partial charge in [0.15, 0.2) is 0 Å². The molecule has 1 aromatic rings. The van der Waals surface area contributed by atoms with Crippen molar-refractivity contribution < 1.29 is 19.8 Å². The zero-order chi connectivity index (χ0) is 14.8. The van der Waals surface area contributed by atoms with E-state index >= 15 is 0 Å². The second-order valence-corrected chi connectivity index (χ2v) is 3.81. The van der Waals surface area contributed by atoms with Gasteiger partial charge in [-0.25, -0.2) is 0 Å². The Morgan fingerprint density at radius 3 is 2.26 bits per heavy atom. The molecule has 0 fully saturated rings. The summed E-state index contributed by atoms with van der Waals surface area (Å²) in [7, 11) is 0. The van der Waals surface area contributed by atoms with Crippen LogP contribution in [0.2, 0.25) is 0 Å². The number of aryl methyl sites for hydroxylation is 1. The van der Waals surface area contributed by atoms with Crippen LogP contribution in [0.3, 0.4) is 0 Å². The third kappa shape index (κ3) is 7.05. The van der Waals surface area contributed by atoms with Crippen LogP contribution in [0.1, 0.15) is 19.4 Å². The van der Waals surface area contributed by atoms with Crippen LogP contribution in [-0.2, 0) is 16.0 Å². The second kappa shape index (κ2) is 8.93. The minimum Gasteiger partial charge on any atom is -0.480 e. The van der Waals surface area contributed by atoms with Gasteiger partial charge in [-0.05, 0) is 25.0 Å². The van der Waals surface area contributed by atoms with Gasteiger partial charge in [0.1, 0.15) is 6.04 Å². The lowest BCUT2D eigenvalue weighted by Gasteiger charge is -2.13. The summed E-state index contributed by atoms with van der Waals surface area (Å²) < 4.78 is 0. The lowest BCUT2D eigenvalue weighted by Crippen LogP contribution is -2.25. The Balaban J connectivity index is 0.000000555. The second-order valence-electron chi connectivity index (χ2n) is 3.81. The van der Waals surface area contributed by atoms with E-state index in [2.05, 4.69) is 11.1 Å². The van der Waals surface area contributed by atoms with Gasteiger partial charge in [0.05, 0.1) is 6.54 Å². The summed E-state index contributed by atoms with van der Waals surface area (Å²) in [6.45, 7) is 3.40. The quantitative estimate of drug-likeness (QED) is 0.637. The molecule has 0 spiro atoms. The van der Waals surface area contributed by atoms with Crippen molar-refractivity contribution in [2.45, 2.75) is 26.3 Å². The summed E-state index contributed by atoms with van der Waals surface area (Å²) in [6.07, 6.45) is 0.898. The highest BCUT2D eigenvalue weighted by Gasteiger charge is 2.11. The Bertz CT molecular complexity index is 421. The van der Waals surface area contributed by atoms with E-state index in [0.29, 0.717) is 0 Å². The third-order valence-corrected chi connectivity index (χ3v) is 2.32. The first-order valence-corrected chi connectivity index (χ1v) is 5.91. The molecule has 0 saturated carbocycles. The van der Waals surface area contributed by atoms with Crippen LogP contribution in [-0.4, -0.2) is 34.7 Å². The molecule has 0 aliphatic carbocycles. The third-order valence-electron chi connectivity index (χ3n) is 2.32. The van der Waals surface area contributed by atoms with Crippen LogP contribution in [0, 0.1) is 0 Å². The van der Waals surface area contributed by atoms with Gasteiger partial charge >= 0.3 is 11.9 Å². The van der Waals surface area contributed by atoms with Crippen LogP contribution in [0.4, 0.5) is 5.69 Å². The molecule has 1 atom stereocenters. The molecule has 0 aliphatic heterocycles. The van der Waals surface area contributed by atoms with Crippen molar-refractivity contribution in [2.75, 3.05) is 11.9 Å². The maximum absolute atomic E-state index is 10.6. The van der Waals surface area contributed by atoms with Crippen LogP contribution >= 0.6 is 0 Å². The van der Waals surface area contributed by atoms with Gasteiger partial charge in [0.2, 0.25) is 0 Å². The summed E-state index contributed by atoms with van der Waals surface area (Å²) in [5, 5.41) is 19.3. The number of nitrogens with two attached hydrogens (primary N) is 1. The SMILES string of the molecule is CCc1ccccc1N[C@@H](C)C(=O)O.NCC(=O)O. The van der Waals surface area contributed by atoms with Crippen molar-refractivity contribution in [3.8, 4) is 0 Å². The van der Waals surface area contributed by atoms with E-state index < -0.39 is 18.0 Å². The average molecular weight is 268 g/mol. The number of carboxylic acid groups (broad SMARTS) is 2. The zero-order valence-corrected chi connectivity index (χ0v) is 11.1. The molecule has 6 heteroatoms. The van der Waals surface area contributed by atoms with Crippen molar-refractivity contribution >= 4 is 17.6 Å². The van der Waals surface area contributed by atoms with Gasteiger partial charge < -0.3 is 21.3 Å². The predicted octanol–water partition coefficient (Wildman–Crippen LogP) is 1.16. The summed E-state index contributed by atoms with van der Waals surface area (Å²) >= 11 is 0. The number of aliphatic carboxylic acids is 2. The van der Waals surface area contributed by atoms with Crippen molar-refractivity contribution in [3.63, 3.8) is 0 Å². The molecule has 0 radical (unpaired) electrons. The van der Waals surface area contributed by atoms with Gasteiger partial charge in [0, 0.05) is 5.69 Å². The molecule has 0 unspecified atom stereocenters. The monoisotopic (exact) mass is 268 g/mol. The Labute approximate surface area is 112 Å². The Morgan fingerprint density at radius 1 is 1.32 bits per heavy atom. The lowest BCUT2D eigenvalue weighted by molar-refractivity contribution is -0.137. The number of carboxylic acids is 2. The van der Waals surface area contributed by atoms with Crippen molar-refractivity contribution in [2.24, 2.45) is 5.73 Å². The molecule has 1 aromatic carbocycles. The molecule has 0 heterocycles. The molecular weight excluding hydrogens is 248 g/mol. The maximum Gasteiger partial charge on any atom is 0.325 e. The highest BCUT2D eigenvalue weighted by atomic mass is 16.4. The van der Waals surface area contributed by atoms with Crippen LogP contribution in [0.5, 0.6) is 0 Å². The van der Waals surface area contributed by atoms with Crippen LogP contribution in [0.15, 0.2) is 24.3 Å². The predicted molar refractivity (Wildman–Crippen MR) is 73.2 cm³/mol. The molecule has 0 saturated heterocycles. The maximum atomic E-state index is 10.6. The van der Waals surface area contributed by atoms with E-state index in [1.165, 1.54) is 0 Å². The fourth-order valence-corrected chi connectivity index (χ4v) is 1.26. The minimum absolute atomic E-state index is 0.278. The van der Waals surface area contributed by atoms with Gasteiger partial charge in [-0.1, -0.05) is 25.1 Å². The fraction of sp³-hybridized carbons (Fsp3) is 0.385. The van der Waals surface area contributed by atoms with E-state index in [1.807, 2.05) is 31.2 Å². The molecule has 1 rings (SSSR count). The summed E-state index contributed by atoms with van der Waals surface area (Å²) in [4.78, 5) is 19.9. The van der Waals surface area contributed by atoms with Gasteiger partial charge in [-0.2, -0.15) is 0 Å². The normalized spacial score (nSPS) is 10.9. The molecular formula is C13H20N2O4. The van der Waals surface area contributed by atoms with Crippen LogP contribution < -0.4 is 11.1 Å². The van der Waals surface area contributed by atoms with Crippen molar-refractivity contribution in [3.05, 3.63) is 29.8 Å². The number of hydrogen-bond donors (Lipinski definition) is 4. The van der Waals surface area contributed by atoms with Crippen LogP contribution in [0.25, 0.3) is 0 Å². The van der Waals surface area contributed by atoms with E-state index in [-0.39, 0.29) is 6.54 Å². The Hall–Kier alpha value is -2.08. The first-order valence-electron chi connectivity index (χ1n) is 5.91. The number of nitrogens with one attached hydrogen (secondary N) is 1. The van der Waals surface area contributed by atoms with Crippen molar-refractivity contribution in [1.29, 1.82) is 0 Å². The summed E-state index contributed by atoms with van der Waals surface area (Å²) in [5.41, 5.74) is 6.62. The highest BCUT2D eigenvalue weighted by Crippen LogP contribution is 2.16. The molecule has 0 aliphatic rings. The number of hydrogen-bond acceptors (Lipinski definition) is 4. The van der Waals surface area contributed by atoms with E-state index in [4.69, 9.17) is 10.2 Å². The number of para-hydroxylation sites is 1. The largest absolute Gasteiger partial charge is 0.480 e. The van der Waals surface area contributed by atoms with Crippen molar-refractivity contribution in [1.82, 2.24) is 0 Å². The topological polar surface area (TPSA) is 113 Å². The highest BCUT2D eigenvalue weighted by molar-refractivity contribution is 5.77. The van der Waals surface area contributed by atoms with Gasteiger partial charge in [-0.15, -0.1) is 0 Å². The number of rotatable bonds is 5. The average Bonchev–Trinajstić information content (AvgIpc) is 2.39. The molecule has 0 amide bonds. The molecule has 106 valence electrons. The summed E-state index contributed by atoms with van der Waals surface area (Å²) in [5.74, 6) is -1.80. The van der Waals surface area contributed by atoms with Gasteiger partial charge in [0.25, 0.3) is 0 Å². The standard InChI is InChI=1S/C11H15NO2.C2H5NO2/c1-3-9-6-4-5-7-10(9)12-8(2)11(13)14;3-1-2(4)5/h4-8,12H,3H2,1-2H3,(H,13,14);1,3H2,(H,4,5)/t8-;/m0./s1. The first kappa shape index (κ1) is 16.9. The fourth-order valence-electron chi connectivity index (χ4n) is 1.26.